The fourth-order valence-corrected chi connectivity index (χ4v) is 2.99. The molecule has 0 spiro atoms. The second-order valence-electron chi connectivity index (χ2n) is 5.50. The van der Waals surface area contributed by atoms with Gasteiger partial charge in [-0.3, -0.25) is 5.32 Å². The second-order valence-corrected chi connectivity index (χ2v) is 5.91. The van der Waals surface area contributed by atoms with Crippen molar-refractivity contribution in [2.75, 3.05) is 0 Å². The van der Waals surface area contributed by atoms with E-state index in [1.807, 2.05) is 60.7 Å². The summed E-state index contributed by atoms with van der Waals surface area (Å²) in [6.45, 7) is 0. The van der Waals surface area contributed by atoms with Gasteiger partial charge in [-0.1, -0.05) is 90.5 Å². The molecule has 0 aliphatic carbocycles. The number of hydrogen-bond acceptors (Lipinski definition) is 2. The van der Waals surface area contributed by atoms with Gasteiger partial charge in [-0.2, -0.15) is 5.26 Å². The SMILES string of the molecule is N#C[C@@H](NC(c1ccccc1)c1ccccc1)c1ccccc1Cl. The van der Waals surface area contributed by atoms with E-state index >= 15 is 0 Å². The van der Waals surface area contributed by atoms with Crippen molar-refractivity contribution in [3.63, 3.8) is 0 Å². The Labute approximate surface area is 147 Å². The highest BCUT2D eigenvalue weighted by Gasteiger charge is 2.21. The average Bonchev–Trinajstić information content (AvgIpc) is 2.65. The normalized spacial score (nSPS) is 11.9. The topological polar surface area (TPSA) is 35.8 Å². The molecule has 3 aromatic rings. The quantitative estimate of drug-likeness (QED) is 0.689. The van der Waals surface area contributed by atoms with Crippen LogP contribution in [0.25, 0.3) is 0 Å². The summed E-state index contributed by atoms with van der Waals surface area (Å²) in [5.41, 5.74) is 3.01. The molecule has 24 heavy (non-hydrogen) atoms. The zero-order chi connectivity index (χ0) is 16.8. The van der Waals surface area contributed by atoms with Crippen LogP contribution in [0.2, 0.25) is 5.02 Å². The Hall–Kier alpha value is -2.60. The molecule has 0 radical (unpaired) electrons. The molecule has 0 aliphatic rings. The first-order chi connectivity index (χ1) is 11.8. The molecule has 0 amide bonds. The van der Waals surface area contributed by atoms with Crippen LogP contribution in [0.4, 0.5) is 0 Å². The van der Waals surface area contributed by atoms with Crippen molar-refractivity contribution in [1.82, 2.24) is 5.32 Å². The van der Waals surface area contributed by atoms with Gasteiger partial charge in [-0.05, 0) is 17.2 Å². The van der Waals surface area contributed by atoms with Crippen LogP contribution < -0.4 is 5.32 Å². The summed E-state index contributed by atoms with van der Waals surface area (Å²) in [5, 5.41) is 13.7. The first-order valence-electron chi connectivity index (χ1n) is 7.79. The van der Waals surface area contributed by atoms with Crippen LogP contribution in [0.5, 0.6) is 0 Å². The third-order valence-corrected chi connectivity index (χ3v) is 4.29. The second kappa shape index (κ2) is 7.79. The Balaban J connectivity index is 1.98. The number of benzene rings is 3. The molecule has 2 nitrogen and oxygen atoms in total. The highest BCUT2D eigenvalue weighted by molar-refractivity contribution is 6.31. The number of nitrogens with zero attached hydrogens (tertiary/aromatic N) is 1. The summed E-state index contributed by atoms with van der Waals surface area (Å²) in [5.74, 6) is 0. The fourth-order valence-electron chi connectivity index (χ4n) is 2.75. The molecule has 1 atom stereocenters. The highest BCUT2D eigenvalue weighted by Crippen LogP contribution is 2.28. The Bertz CT molecular complexity index is 786. The van der Waals surface area contributed by atoms with Crippen LogP contribution in [-0.4, -0.2) is 0 Å². The molecule has 0 aliphatic heterocycles. The monoisotopic (exact) mass is 332 g/mol. The van der Waals surface area contributed by atoms with Crippen LogP contribution >= 0.6 is 11.6 Å². The third-order valence-electron chi connectivity index (χ3n) is 3.94. The minimum Gasteiger partial charge on any atom is -0.287 e. The van der Waals surface area contributed by atoms with E-state index in [-0.39, 0.29) is 6.04 Å². The van der Waals surface area contributed by atoms with Gasteiger partial charge in [0, 0.05) is 10.6 Å². The Morgan fingerprint density at radius 1 is 0.750 bits per heavy atom. The molecule has 0 fully saturated rings. The van der Waals surface area contributed by atoms with Crippen molar-refractivity contribution in [2.24, 2.45) is 0 Å². The van der Waals surface area contributed by atoms with E-state index in [0.29, 0.717) is 5.02 Å². The van der Waals surface area contributed by atoms with E-state index < -0.39 is 6.04 Å². The summed E-state index contributed by atoms with van der Waals surface area (Å²) in [4.78, 5) is 0. The van der Waals surface area contributed by atoms with Crippen molar-refractivity contribution in [3.05, 3.63) is 107 Å². The molecule has 0 saturated heterocycles. The van der Waals surface area contributed by atoms with Crippen molar-refractivity contribution in [3.8, 4) is 6.07 Å². The smallest absolute Gasteiger partial charge is 0.123 e. The lowest BCUT2D eigenvalue weighted by molar-refractivity contribution is 0.559. The van der Waals surface area contributed by atoms with Gasteiger partial charge in [0.2, 0.25) is 0 Å². The van der Waals surface area contributed by atoms with E-state index in [1.54, 1.807) is 0 Å². The van der Waals surface area contributed by atoms with Gasteiger partial charge >= 0.3 is 0 Å². The Morgan fingerprint density at radius 2 is 1.25 bits per heavy atom. The standard InChI is InChI=1S/C21H17ClN2/c22-19-14-8-7-13-18(19)20(15-23)24-21(16-9-3-1-4-10-16)17-11-5-2-6-12-17/h1-14,20-21,24H/t20-/m1/s1. The molecule has 1 N–H and O–H groups in total. The largest absolute Gasteiger partial charge is 0.287 e. The van der Waals surface area contributed by atoms with E-state index in [1.165, 1.54) is 0 Å². The molecule has 0 heterocycles. The van der Waals surface area contributed by atoms with Crippen molar-refractivity contribution < 1.29 is 0 Å². The highest BCUT2D eigenvalue weighted by atomic mass is 35.5. The number of rotatable bonds is 5. The maximum absolute atomic E-state index is 9.68. The number of nitrogens with one attached hydrogen (secondary N) is 1. The van der Waals surface area contributed by atoms with Crippen LogP contribution in [0, 0.1) is 11.3 Å². The van der Waals surface area contributed by atoms with E-state index in [2.05, 4.69) is 35.7 Å². The first-order valence-corrected chi connectivity index (χ1v) is 8.17. The zero-order valence-electron chi connectivity index (χ0n) is 13.1. The number of hydrogen-bond donors (Lipinski definition) is 1. The molecule has 3 rings (SSSR count). The molecule has 0 saturated carbocycles. The van der Waals surface area contributed by atoms with Crippen molar-refractivity contribution in [1.29, 1.82) is 5.26 Å². The van der Waals surface area contributed by atoms with Gasteiger partial charge in [0.25, 0.3) is 0 Å². The Kier molecular flexibility index (Phi) is 5.28. The van der Waals surface area contributed by atoms with Crippen LogP contribution in [0.1, 0.15) is 28.8 Å². The van der Waals surface area contributed by atoms with Crippen molar-refractivity contribution in [2.45, 2.75) is 12.1 Å². The molecule has 3 aromatic carbocycles. The van der Waals surface area contributed by atoms with E-state index in [9.17, 15) is 5.26 Å². The number of halogens is 1. The van der Waals surface area contributed by atoms with Crippen molar-refractivity contribution >= 4 is 11.6 Å². The molecular formula is C21H17ClN2. The minimum atomic E-state index is -0.496. The van der Waals surface area contributed by atoms with E-state index in [4.69, 9.17) is 11.6 Å². The zero-order valence-corrected chi connectivity index (χ0v) is 13.8. The molecule has 118 valence electrons. The first kappa shape index (κ1) is 16.3. The minimum absolute atomic E-state index is 0.0895. The lowest BCUT2D eigenvalue weighted by Crippen LogP contribution is -2.26. The average molecular weight is 333 g/mol. The summed E-state index contributed by atoms with van der Waals surface area (Å²) < 4.78 is 0. The fraction of sp³-hybridized carbons (Fsp3) is 0.0952. The maximum atomic E-state index is 9.68. The summed E-state index contributed by atoms with van der Waals surface area (Å²) in [6.07, 6.45) is 0. The number of nitriles is 1. The van der Waals surface area contributed by atoms with Crippen LogP contribution in [-0.2, 0) is 0 Å². The maximum Gasteiger partial charge on any atom is 0.123 e. The van der Waals surface area contributed by atoms with Gasteiger partial charge in [-0.15, -0.1) is 0 Å². The molecule has 0 unspecified atom stereocenters. The van der Waals surface area contributed by atoms with Gasteiger partial charge in [0.15, 0.2) is 0 Å². The molecule has 0 aromatic heterocycles. The van der Waals surface area contributed by atoms with E-state index in [0.717, 1.165) is 16.7 Å². The Morgan fingerprint density at radius 3 is 1.75 bits per heavy atom. The lowest BCUT2D eigenvalue weighted by atomic mass is 9.96. The summed E-state index contributed by atoms with van der Waals surface area (Å²) in [7, 11) is 0. The van der Waals surface area contributed by atoms with Gasteiger partial charge < -0.3 is 0 Å². The summed E-state index contributed by atoms with van der Waals surface area (Å²) >= 11 is 6.28. The lowest BCUT2D eigenvalue weighted by Gasteiger charge is -2.23. The molecule has 0 bridgehead atoms. The predicted octanol–water partition coefficient (Wildman–Crippen LogP) is 5.28. The molecular weight excluding hydrogens is 316 g/mol. The predicted molar refractivity (Wildman–Crippen MR) is 97.7 cm³/mol. The van der Waals surface area contributed by atoms with Crippen LogP contribution in [0.15, 0.2) is 84.9 Å². The van der Waals surface area contributed by atoms with Gasteiger partial charge in [0.1, 0.15) is 6.04 Å². The van der Waals surface area contributed by atoms with Gasteiger partial charge in [0.05, 0.1) is 12.1 Å². The van der Waals surface area contributed by atoms with Gasteiger partial charge in [-0.25, -0.2) is 0 Å². The van der Waals surface area contributed by atoms with Crippen LogP contribution in [0.3, 0.4) is 0 Å². The molecule has 3 heteroatoms. The summed E-state index contributed by atoms with van der Waals surface area (Å²) in [6, 6.07) is 29.4. The third kappa shape index (κ3) is 3.65.